The Morgan fingerprint density at radius 2 is 1.95 bits per heavy atom. The Morgan fingerprint density at radius 1 is 1.24 bits per heavy atom. The highest BCUT2D eigenvalue weighted by molar-refractivity contribution is 5.48. The fraction of sp³-hybridized carbons (Fsp3) is 0.714. The summed E-state index contributed by atoms with van der Waals surface area (Å²) >= 11 is 0. The lowest BCUT2D eigenvalue weighted by Gasteiger charge is -2.16. The van der Waals surface area contributed by atoms with Gasteiger partial charge in [0, 0.05) is 18.7 Å². The van der Waals surface area contributed by atoms with Crippen LogP contribution in [0.5, 0.6) is 0 Å². The van der Waals surface area contributed by atoms with Gasteiger partial charge in [-0.1, -0.05) is 13.8 Å². The van der Waals surface area contributed by atoms with Crippen LogP contribution >= 0.6 is 0 Å². The number of alkyl halides is 3. The summed E-state index contributed by atoms with van der Waals surface area (Å²) < 4.78 is 38.6. The molecule has 1 aromatic heterocycles. The Bertz CT molecular complexity index is 476. The minimum absolute atomic E-state index is 0.190. The van der Waals surface area contributed by atoms with Gasteiger partial charge in [-0.15, -0.1) is 0 Å². The summed E-state index contributed by atoms with van der Waals surface area (Å²) in [7, 11) is 0. The molecule has 2 N–H and O–H groups in total. The molecule has 2 rings (SSSR count). The van der Waals surface area contributed by atoms with E-state index in [1.807, 2.05) is 6.92 Å². The zero-order chi connectivity index (χ0) is 15.5. The predicted molar refractivity (Wildman–Crippen MR) is 76.2 cm³/mol. The second-order valence-corrected chi connectivity index (χ2v) is 5.65. The van der Waals surface area contributed by atoms with E-state index in [-0.39, 0.29) is 17.7 Å². The van der Waals surface area contributed by atoms with Crippen molar-refractivity contribution in [2.75, 3.05) is 17.2 Å². The van der Waals surface area contributed by atoms with Crippen LogP contribution in [0.3, 0.4) is 0 Å². The van der Waals surface area contributed by atoms with Crippen molar-refractivity contribution in [1.82, 2.24) is 9.97 Å². The minimum Gasteiger partial charge on any atom is -0.370 e. The molecule has 0 spiro atoms. The van der Waals surface area contributed by atoms with Crippen LogP contribution in [-0.2, 0) is 6.18 Å². The highest BCUT2D eigenvalue weighted by Gasteiger charge is 2.35. The van der Waals surface area contributed by atoms with Gasteiger partial charge in [0.1, 0.15) is 11.6 Å². The molecule has 1 heterocycles. The zero-order valence-corrected chi connectivity index (χ0v) is 12.3. The van der Waals surface area contributed by atoms with Gasteiger partial charge in [0.2, 0.25) is 5.82 Å². The summed E-state index contributed by atoms with van der Waals surface area (Å²) in [6.45, 7) is 4.67. The molecule has 0 saturated heterocycles. The van der Waals surface area contributed by atoms with E-state index in [1.165, 1.54) is 0 Å². The highest BCUT2D eigenvalue weighted by Crippen LogP contribution is 2.30. The van der Waals surface area contributed by atoms with Gasteiger partial charge in [0.25, 0.3) is 0 Å². The molecule has 2 unspecified atom stereocenters. The first-order valence-corrected chi connectivity index (χ1v) is 7.35. The SMILES string of the molecule is CCCNc1cc(NC2CCC(C)C2)nc(C(F)(F)F)n1. The van der Waals surface area contributed by atoms with E-state index >= 15 is 0 Å². The van der Waals surface area contributed by atoms with E-state index in [9.17, 15) is 13.2 Å². The summed E-state index contributed by atoms with van der Waals surface area (Å²) in [6, 6.07) is 1.74. The van der Waals surface area contributed by atoms with Crippen LogP contribution in [0.25, 0.3) is 0 Å². The van der Waals surface area contributed by atoms with Gasteiger partial charge in [-0.25, -0.2) is 9.97 Å². The first-order valence-electron chi connectivity index (χ1n) is 7.35. The molecule has 2 atom stereocenters. The van der Waals surface area contributed by atoms with E-state index in [1.54, 1.807) is 6.07 Å². The van der Waals surface area contributed by atoms with Crippen molar-refractivity contribution in [1.29, 1.82) is 0 Å². The topological polar surface area (TPSA) is 49.8 Å². The second-order valence-electron chi connectivity index (χ2n) is 5.65. The number of aromatic nitrogens is 2. The Hall–Kier alpha value is -1.53. The third-order valence-electron chi connectivity index (χ3n) is 3.58. The number of rotatable bonds is 5. The summed E-state index contributed by atoms with van der Waals surface area (Å²) in [4.78, 5) is 7.16. The molecule has 4 nitrogen and oxygen atoms in total. The van der Waals surface area contributed by atoms with Crippen LogP contribution in [0, 0.1) is 5.92 Å². The number of hydrogen-bond donors (Lipinski definition) is 2. The maximum atomic E-state index is 12.9. The summed E-state index contributed by atoms with van der Waals surface area (Å²) in [5.74, 6) is -0.0380. The van der Waals surface area contributed by atoms with Crippen LogP contribution < -0.4 is 10.6 Å². The van der Waals surface area contributed by atoms with E-state index in [0.29, 0.717) is 12.5 Å². The molecule has 0 aliphatic heterocycles. The van der Waals surface area contributed by atoms with Crippen molar-refractivity contribution < 1.29 is 13.2 Å². The average molecular weight is 302 g/mol. The van der Waals surface area contributed by atoms with Gasteiger partial charge < -0.3 is 10.6 Å². The van der Waals surface area contributed by atoms with Crippen LogP contribution in [0.2, 0.25) is 0 Å². The normalized spacial score (nSPS) is 22.3. The van der Waals surface area contributed by atoms with Gasteiger partial charge in [0.05, 0.1) is 0 Å². The number of halogens is 3. The summed E-state index contributed by atoms with van der Waals surface area (Å²) in [6.07, 6.45) is -0.708. The quantitative estimate of drug-likeness (QED) is 0.865. The van der Waals surface area contributed by atoms with Gasteiger partial charge >= 0.3 is 6.18 Å². The lowest BCUT2D eigenvalue weighted by molar-refractivity contribution is -0.144. The van der Waals surface area contributed by atoms with Crippen molar-refractivity contribution in [2.24, 2.45) is 5.92 Å². The third kappa shape index (κ3) is 4.47. The molecule has 0 aromatic carbocycles. The number of anilines is 2. The molecule has 1 saturated carbocycles. The largest absolute Gasteiger partial charge is 0.451 e. The molecule has 21 heavy (non-hydrogen) atoms. The molecule has 118 valence electrons. The first kappa shape index (κ1) is 15.9. The van der Waals surface area contributed by atoms with Crippen LogP contribution in [0.15, 0.2) is 6.07 Å². The monoisotopic (exact) mass is 302 g/mol. The van der Waals surface area contributed by atoms with Crippen molar-refractivity contribution in [3.63, 3.8) is 0 Å². The molecule has 1 fully saturated rings. The molecule has 1 aliphatic rings. The number of nitrogens with one attached hydrogen (secondary N) is 2. The maximum Gasteiger partial charge on any atom is 0.451 e. The van der Waals surface area contributed by atoms with Crippen LogP contribution in [-0.4, -0.2) is 22.6 Å². The lowest BCUT2D eigenvalue weighted by Crippen LogP contribution is -2.20. The molecule has 7 heteroatoms. The number of hydrogen-bond acceptors (Lipinski definition) is 4. The Kier molecular flexibility index (Phi) is 4.90. The van der Waals surface area contributed by atoms with Crippen LogP contribution in [0.4, 0.5) is 24.8 Å². The van der Waals surface area contributed by atoms with Crippen molar-refractivity contribution in [3.05, 3.63) is 11.9 Å². The van der Waals surface area contributed by atoms with Crippen LogP contribution in [0.1, 0.15) is 45.4 Å². The molecule has 1 aliphatic carbocycles. The van der Waals surface area contributed by atoms with Crippen molar-refractivity contribution >= 4 is 11.6 Å². The van der Waals surface area contributed by atoms with Crippen molar-refractivity contribution in [2.45, 2.75) is 51.7 Å². The van der Waals surface area contributed by atoms with Gasteiger partial charge in [-0.05, 0) is 31.6 Å². The molecule has 0 bridgehead atoms. The van der Waals surface area contributed by atoms with Gasteiger partial charge in [0.15, 0.2) is 0 Å². The molecule has 0 radical (unpaired) electrons. The molecule has 0 amide bonds. The van der Waals surface area contributed by atoms with Gasteiger partial charge in [-0.3, -0.25) is 0 Å². The van der Waals surface area contributed by atoms with E-state index in [4.69, 9.17) is 0 Å². The molecule has 1 aromatic rings. The highest BCUT2D eigenvalue weighted by atomic mass is 19.4. The Morgan fingerprint density at radius 3 is 2.52 bits per heavy atom. The van der Waals surface area contributed by atoms with Gasteiger partial charge in [-0.2, -0.15) is 13.2 Å². The second kappa shape index (κ2) is 6.49. The van der Waals surface area contributed by atoms with E-state index in [2.05, 4.69) is 27.5 Å². The lowest BCUT2D eigenvalue weighted by atomic mass is 10.1. The summed E-state index contributed by atoms with van der Waals surface area (Å²) in [5, 5.41) is 6.00. The smallest absolute Gasteiger partial charge is 0.370 e. The average Bonchev–Trinajstić information content (AvgIpc) is 2.80. The predicted octanol–water partition coefficient (Wildman–Crippen LogP) is 3.92. The Balaban J connectivity index is 2.18. The fourth-order valence-electron chi connectivity index (χ4n) is 2.54. The zero-order valence-electron chi connectivity index (χ0n) is 12.3. The summed E-state index contributed by atoms with van der Waals surface area (Å²) in [5.41, 5.74) is 0. The van der Waals surface area contributed by atoms with Crippen molar-refractivity contribution in [3.8, 4) is 0 Å². The third-order valence-corrected chi connectivity index (χ3v) is 3.58. The Labute approximate surface area is 122 Å². The fourth-order valence-corrected chi connectivity index (χ4v) is 2.54. The standard InChI is InChI=1S/C14H21F3N4/c1-3-6-18-11-8-12(19-10-5-4-9(2)7-10)21-13(20-11)14(15,16)17/h8-10H,3-7H2,1-2H3,(H2,18,19,20,21). The first-order chi connectivity index (χ1) is 9.88. The maximum absolute atomic E-state index is 12.9. The molecular formula is C14H21F3N4. The van der Waals surface area contributed by atoms with E-state index < -0.39 is 12.0 Å². The van der Waals surface area contributed by atoms with E-state index in [0.717, 1.165) is 25.7 Å². The molecular weight excluding hydrogens is 281 g/mol. The number of nitrogens with zero attached hydrogens (tertiary/aromatic N) is 2. The minimum atomic E-state index is -4.54.